The molecule has 0 aromatic heterocycles. The lowest BCUT2D eigenvalue weighted by atomic mass is 9.69. The Labute approximate surface area is 112 Å². The van der Waals surface area contributed by atoms with Crippen LogP contribution in [0.1, 0.15) is 24.8 Å². The zero-order valence-electron chi connectivity index (χ0n) is 10.8. The number of fused-ring (bicyclic) bond motifs is 3. The van der Waals surface area contributed by atoms with Crippen LogP contribution in [0.15, 0.2) is 48.5 Å². The van der Waals surface area contributed by atoms with Crippen LogP contribution < -0.4 is 0 Å². The van der Waals surface area contributed by atoms with E-state index in [0.29, 0.717) is 11.7 Å². The summed E-state index contributed by atoms with van der Waals surface area (Å²) < 4.78 is 0. The molecule has 0 radical (unpaired) electrons. The van der Waals surface area contributed by atoms with Gasteiger partial charge < -0.3 is 0 Å². The minimum Gasteiger partial charge on any atom is -0.299 e. The van der Waals surface area contributed by atoms with E-state index >= 15 is 0 Å². The highest BCUT2D eigenvalue weighted by molar-refractivity contribution is 5.93. The number of ketones is 1. The fourth-order valence-electron chi connectivity index (χ4n) is 3.53. The van der Waals surface area contributed by atoms with Crippen LogP contribution in [0.25, 0.3) is 16.3 Å². The van der Waals surface area contributed by atoms with Crippen molar-refractivity contribution in [3.63, 3.8) is 0 Å². The average Bonchev–Trinajstić information content (AvgIpc) is 2.47. The highest BCUT2D eigenvalue weighted by Gasteiger charge is 2.35. The Morgan fingerprint density at radius 3 is 2.53 bits per heavy atom. The summed E-state index contributed by atoms with van der Waals surface area (Å²) in [6.07, 6.45) is 5.21. The van der Waals surface area contributed by atoms with Gasteiger partial charge in [0.15, 0.2) is 0 Å². The largest absolute Gasteiger partial charge is 0.299 e. The molecule has 94 valence electrons. The lowest BCUT2D eigenvalue weighted by Crippen LogP contribution is -2.29. The van der Waals surface area contributed by atoms with E-state index in [1.165, 1.54) is 28.3 Å². The first kappa shape index (κ1) is 11.0. The van der Waals surface area contributed by atoms with E-state index in [1.54, 1.807) is 0 Å². The molecule has 0 heterocycles. The molecule has 3 aliphatic carbocycles. The molecular formula is C18H16O. The normalized spacial score (nSPS) is 25.7. The highest BCUT2D eigenvalue weighted by atomic mass is 16.1. The van der Waals surface area contributed by atoms with Crippen LogP contribution in [0.5, 0.6) is 0 Å². The predicted molar refractivity (Wildman–Crippen MR) is 77.8 cm³/mol. The molecule has 5 rings (SSSR count). The second-order valence-corrected chi connectivity index (χ2v) is 5.74. The van der Waals surface area contributed by atoms with Gasteiger partial charge in [-0.2, -0.15) is 0 Å². The van der Waals surface area contributed by atoms with Crippen LogP contribution in [0.4, 0.5) is 0 Å². The summed E-state index contributed by atoms with van der Waals surface area (Å²) >= 11 is 0. The molecule has 0 saturated heterocycles. The number of rotatable bonds is 1. The summed E-state index contributed by atoms with van der Waals surface area (Å²) in [4.78, 5) is 11.8. The Hall–Kier alpha value is -1.89. The van der Waals surface area contributed by atoms with Gasteiger partial charge in [0.05, 0.1) is 0 Å². The van der Waals surface area contributed by atoms with Gasteiger partial charge in [0, 0.05) is 12.3 Å². The van der Waals surface area contributed by atoms with Gasteiger partial charge >= 0.3 is 0 Å². The molecule has 19 heavy (non-hydrogen) atoms. The van der Waals surface area contributed by atoms with E-state index in [9.17, 15) is 4.79 Å². The van der Waals surface area contributed by atoms with E-state index in [2.05, 4.69) is 48.5 Å². The lowest BCUT2D eigenvalue weighted by molar-refractivity contribution is -0.124. The minimum absolute atomic E-state index is 0.187. The molecule has 0 spiro atoms. The van der Waals surface area contributed by atoms with Gasteiger partial charge in [-0.05, 0) is 46.7 Å². The third-order valence-electron chi connectivity index (χ3n) is 4.59. The molecule has 1 nitrogen and oxygen atoms in total. The minimum atomic E-state index is 0.187. The van der Waals surface area contributed by atoms with Gasteiger partial charge in [-0.25, -0.2) is 0 Å². The number of benzene rings is 2. The zero-order chi connectivity index (χ0) is 12.8. The Bertz CT molecular complexity index is 696. The molecule has 1 saturated carbocycles. The quantitative estimate of drug-likeness (QED) is 0.738. The molecule has 0 unspecified atom stereocenters. The lowest BCUT2D eigenvalue weighted by Gasteiger charge is -2.34. The third kappa shape index (κ3) is 1.73. The number of hydrogen-bond acceptors (Lipinski definition) is 1. The number of carbonyl (C=O) groups is 1. The second-order valence-electron chi connectivity index (χ2n) is 5.74. The van der Waals surface area contributed by atoms with Crippen molar-refractivity contribution in [3.8, 4) is 0 Å². The van der Waals surface area contributed by atoms with Crippen LogP contribution in [0.3, 0.4) is 0 Å². The maximum absolute atomic E-state index is 11.8. The van der Waals surface area contributed by atoms with E-state index in [0.717, 1.165) is 12.8 Å². The van der Waals surface area contributed by atoms with Crippen molar-refractivity contribution < 1.29 is 4.79 Å². The third-order valence-corrected chi connectivity index (χ3v) is 4.59. The molecule has 0 N–H and O–H groups in total. The maximum Gasteiger partial charge on any atom is 0.140 e. The predicted octanol–water partition coefficient (Wildman–Crippen LogP) is 4.22. The molecule has 0 amide bonds. The van der Waals surface area contributed by atoms with E-state index < -0.39 is 0 Å². The average molecular weight is 248 g/mol. The molecule has 1 fully saturated rings. The number of allylic oxidation sites excluding steroid dienone is 2. The van der Waals surface area contributed by atoms with Gasteiger partial charge in [-0.15, -0.1) is 0 Å². The molecule has 2 atom stereocenters. The first-order valence-corrected chi connectivity index (χ1v) is 7.05. The van der Waals surface area contributed by atoms with Crippen molar-refractivity contribution in [2.24, 2.45) is 11.8 Å². The zero-order valence-corrected chi connectivity index (χ0v) is 10.8. The van der Waals surface area contributed by atoms with E-state index in [-0.39, 0.29) is 5.92 Å². The van der Waals surface area contributed by atoms with Crippen molar-refractivity contribution in [1.82, 2.24) is 0 Å². The van der Waals surface area contributed by atoms with E-state index in [4.69, 9.17) is 0 Å². The smallest absolute Gasteiger partial charge is 0.140 e. The van der Waals surface area contributed by atoms with E-state index in [1.807, 2.05) is 0 Å². The van der Waals surface area contributed by atoms with Gasteiger partial charge in [0.25, 0.3) is 0 Å². The summed E-state index contributed by atoms with van der Waals surface area (Å²) in [5, 5.41) is 2.57. The molecule has 0 aliphatic heterocycles. The SMILES string of the molecule is O=C1C[C@H]2CC[C@@H]1C=C2c1ccc2ccccc2c1. The van der Waals surface area contributed by atoms with Gasteiger partial charge in [0.2, 0.25) is 0 Å². The molecule has 2 bridgehead atoms. The standard InChI is InChI=1S/C18H16O/c19-18-11-15-7-8-16(18)10-17(15)14-6-5-12-3-1-2-4-13(12)9-14/h1-6,9-10,15-16H,7-8,11H2/t15-,16-/m1/s1. The summed E-state index contributed by atoms with van der Waals surface area (Å²) in [6.45, 7) is 0. The fraction of sp³-hybridized carbons (Fsp3) is 0.278. The van der Waals surface area contributed by atoms with Gasteiger partial charge in [0.1, 0.15) is 5.78 Å². The van der Waals surface area contributed by atoms with Crippen molar-refractivity contribution >= 4 is 22.1 Å². The number of carbonyl (C=O) groups excluding carboxylic acids is 1. The first-order valence-electron chi connectivity index (χ1n) is 7.05. The monoisotopic (exact) mass is 248 g/mol. The highest BCUT2D eigenvalue weighted by Crippen LogP contribution is 2.43. The summed E-state index contributed by atoms with van der Waals surface area (Å²) in [7, 11) is 0. The van der Waals surface area contributed by atoms with Crippen LogP contribution >= 0.6 is 0 Å². The van der Waals surface area contributed by atoms with Crippen LogP contribution in [-0.4, -0.2) is 5.78 Å². The molecule has 1 heteroatoms. The first-order chi connectivity index (χ1) is 9.31. The van der Waals surface area contributed by atoms with Crippen molar-refractivity contribution in [3.05, 3.63) is 54.1 Å². The molecule has 2 aromatic rings. The number of hydrogen-bond donors (Lipinski definition) is 0. The van der Waals surface area contributed by atoms with Crippen LogP contribution in [0, 0.1) is 11.8 Å². The molecule has 3 aliphatic rings. The Kier molecular flexibility index (Phi) is 2.34. The summed E-state index contributed by atoms with van der Waals surface area (Å²) in [5.74, 6) is 1.09. The van der Waals surface area contributed by atoms with Crippen molar-refractivity contribution in [2.75, 3.05) is 0 Å². The summed E-state index contributed by atoms with van der Waals surface area (Å²) in [6, 6.07) is 15.1. The maximum atomic E-state index is 11.8. The Balaban J connectivity index is 1.83. The second kappa shape index (κ2) is 4.06. The fourth-order valence-corrected chi connectivity index (χ4v) is 3.53. The van der Waals surface area contributed by atoms with Crippen LogP contribution in [-0.2, 0) is 4.79 Å². The molecular weight excluding hydrogens is 232 g/mol. The van der Waals surface area contributed by atoms with Crippen molar-refractivity contribution in [1.29, 1.82) is 0 Å². The van der Waals surface area contributed by atoms with Crippen molar-refractivity contribution in [2.45, 2.75) is 19.3 Å². The van der Waals surface area contributed by atoms with Gasteiger partial charge in [-0.3, -0.25) is 4.79 Å². The van der Waals surface area contributed by atoms with Gasteiger partial charge in [-0.1, -0.05) is 42.5 Å². The Morgan fingerprint density at radius 2 is 1.79 bits per heavy atom. The topological polar surface area (TPSA) is 17.1 Å². The molecule has 2 aromatic carbocycles. The summed E-state index contributed by atoms with van der Waals surface area (Å²) in [5.41, 5.74) is 2.71. The number of Topliss-reactive ketones (excluding diaryl/α,β-unsaturated/α-hetero) is 1. The van der Waals surface area contributed by atoms with Crippen LogP contribution in [0.2, 0.25) is 0 Å². The Morgan fingerprint density at radius 1 is 0.947 bits per heavy atom.